The molecule has 0 aliphatic rings. The van der Waals surface area contributed by atoms with Gasteiger partial charge in [-0.15, -0.1) is 0 Å². The number of carbonyl (C=O) groups is 2. The molecule has 0 bridgehead atoms. The van der Waals surface area contributed by atoms with Crippen LogP contribution in [0.5, 0.6) is 11.5 Å². The third-order valence-electron chi connectivity index (χ3n) is 3.76. The van der Waals surface area contributed by atoms with Crippen LogP contribution in [0.25, 0.3) is 0 Å². The van der Waals surface area contributed by atoms with Crippen molar-refractivity contribution >= 4 is 27.7 Å². The summed E-state index contributed by atoms with van der Waals surface area (Å²) in [7, 11) is 1.53. The van der Waals surface area contributed by atoms with E-state index in [9.17, 15) is 9.59 Å². The van der Waals surface area contributed by atoms with Crippen molar-refractivity contribution in [3.63, 3.8) is 0 Å². The van der Waals surface area contributed by atoms with Crippen molar-refractivity contribution in [2.75, 3.05) is 7.11 Å². The van der Waals surface area contributed by atoms with Gasteiger partial charge in [-0.05, 0) is 58.4 Å². The Morgan fingerprint density at radius 3 is 2.08 bits per heavy atom. The van der Waals surface area contributed by atoms with Gasteiger partial charge in [-0.25, -0.2) is 4.79 Å². The second kappa shape index (κ2) is 7.97. The summed E-state index contributed by atoms with van der Waals surface area (Å²) in [5.74, 6) is 0.315. The van der Waals surface area contributed by atoms with Crippen molar-refractivity contribution < 1.29 is 19.1 Å². The zero-order chi connectivity index (χ0) is 18.5. The molecular weight excluding hydrogens is 396 g/mol. The quantitative estimate of drug-likeness (QED) is 0.340. The van der Waals surface area contributed by atoms with Crippen molar-refractivity contribution in [1.29, 1.82) is 0 Å². The first-order valence-corrected chi connectivity index (χ1v) is 8.63. The number of carbonyl (C=O) groups excluding carboxylic acids is 2. The predicted molar refractivity (Wildman–Crippen MR) is 102 cm³/mol. The van der Waals surface area contributed by atoms with Crippen LogP contribution in [-0.2, 0) is 0 Å². The van der Waals surface area contributed by atoms with Crippen LogP contribution in [-0.4, -0.2) is 18.9 Å². The molecule has 0 unspecified atom stereocenters. The summed E-state index contributed by atoms with van der Waals surface area (Å²) in [5, 5.41) is 0. The third-order valence-corrected chi connectivity index (χ3v) is 4.45. The minimum absolute atomic E-state index is 0.0842. The third kappa shape index (κ3) is 4.00. The monoisotopic (exact) mass is 410 g/mol. The first-order chi connectivity index (χ1) is 12.6. The predicted octanol–water partition coefficient (Wildman–Crippen LogP) is 4.91. The van der Waals surface area contributed by atoms with Crippen molar-refractivity contribution in [2.24, 2.45) is 0 Å². The lowest BCUT2D eigenvalue weighted by molar-refractivity contribution is 0.0733. The van der Waals surface area contributed by atoms with Crippen LogP contribution in [0.4, 0.5) is 0 Å². The first kappa shape index (κ1) is 17.9. The summed E-state index contributed by atoms with van der Waals surface area (Å²) < 4.78 is 11.1. The number of ketones is 1. The van der Waals surface area contributed by atoms with E-state index in [-0.39, 0.29) is 5.78 Å². The molecule has 0 atom stereocenters. The van der Waals surface area contributed by atoms with Gasteiger partial charge in [0.05, 0.1) is 12.7 Å². The molecule has 0 saturated heterocycles. The van der Waals surface area contributed by atoms with Gasteiger partial charge in [-0.1, -0.05) is 30.3 Å². The van der Waals surface area contributed by atoms with Crippen molar-refractivity contribution in [3.05, 3.63) is 94.0 Å². The average molecular weight is 411 g/mol. The summed E-state index contributed by atoms with van der Waals surface area (Å²) in [6.07, 6.45) is 0. The average Bonchev–Trinajstić information content (AvgIpc) is 2.69. The maximum absolute atomic E-state index is 12.4. The molecule has 0 N–H and O–H groups in total. The number of benzene rings is 3. The molecule has 26 heavy (non-hydrogen) atoms. The van der Waals surface area contributed by atoms with E-state index < -0.39 is 5.97 Å². The van der Waals surface area contributed by atoms with Gasteiger partial charge < -0.3 is 9.47 Å². The van der Waals surface area contributed by atoms with Crippen molar-refractivity contribution in [3.8, 4) is 11.5 Å². The van der Waals surface area contributed by atoms with Crippen molar-refractivity contribution in [1.82, 2.24) is 0 Å². The minimum Gasteiger partial charge on any atom is -0.497 e. The maximum atomic E-state index is 12.4. The van der Waals surface area contributed by atoms with E-state index in [1.54, 1.807) is 54.6 Å². The second-order valence-corrected chi connectivity index (χ2v) is 6.31. The molecule has 0 aliphatic carbocycles. The minimum atomic E-state index is -0.516. The molecule has 4 nitrogen and oxygen atoms in total. The van der Waals surface area contributed by atoms with E-state index in [1.807, 2.05) is 18.2 Å². The number of hydrogen-bond donors (Lipinski definition) is 0. The zero-order valence-electron chi connectivity index (χ0n) is 13.9. The van der Waals surface area contributed by atoms with Crippen LogP contribution >= 0.6 is 15.9 Å². The first-order valence-electron chi connectivity index (χ1n) is 7.84. The molecule has 3 aromatic rings. The molecule has 0 aromatic heterocycles. The van der Waals surface area contributed by atoms with Crippen LogP contribution in [0.2, 0.25) is 0 Å². The number of esters is 1. The van der Waals surface area contributed by atoms with Crippen LogP contribution in [0.1, 0.15) is 26.3 Å². The molecule has 0 heterocycles. The molecular formula is C21H15BrO4. The van der Waals surface area contributed by atoms with E-state index in [0.717, 1.165) is 0 Å². The number of methoxy groups -OCH3 is 1. The second-order valence-electron chi connectivity index (χ2n) is 5.45. The van der Waals surface area contributed by atoms with E-state index >= 15 is 0 Å². The Morgan fingerprint density at radius 1 is 0.808 bits per heavy atom. The molecule has 0 saturated carbocycles. The summed E-state index contributed by atoms with van der Waals surface area (Å²) in [6, 6.07) is 20.5. The van der Waals surface area contributed by atoms with E-state index in [0.29, 0.717) is 32.7 Å². The Morgan fingerprint density at radius 2 is 1.42 bits per heavy atom. The fourth-order valence-corrected chi connectivity index (χ4v) is 2.79. The Kier molecular flexibility index (Phi) is 5.49. The lowest BCUT2D eigenvalue weighted by Gasteiger charge is -2.08. The van der Waals surface area contributed by atoms with Gasteiger partial charge in [-0.2, -0.15) is 0 Å². The van der Waals surface area contributed by atoms with Gasteiger partial charge in [0.2, 0.25) is 0 Å². The number of hydrogen-bond acceptors (Lipinski definition) is 4. The lowest BCUT2D eigenvalue weighted by atomic mass is 10.0. The number of rotatable bonds is 5. The molecule has 0 radical (unpaired) electrons. The lowest BCUT2D eigenvalue weighted by Crippen LogP contribution is -2.10. The van der Waals surface area contributed by atoms with E-state index in [4.69, 9.17) is 9.47 Å². The molecule has 3 aromatic carbocycles. The number of halogens is 1. The maximum Gasteiger partial charge on any atom is 0.344 e. The fraction of sp³-hybridized carbons (Fsp3) is 0.0476. The van der Waals surface area contributed by atoms with Crippen LogP contribution < -0.4 is 9.47 Å². The van der Waals surface area contributed by atoms with Crippen LogP contribution in [0.15, 0.2) is 77.3 Å². The molecule has 0 fully saturated rings. The molecule has 3 rings (SSSR count). The van der Waals surface area contributed by atoms with Gasteiger partial charge >= 0.3 is 5.97 Å². The van der Waals surface area contributed by atoms with Gasteiger partial charge in [0, 0.05) is 15.6 Å². The highest BCUT2D eigenvalue weighted by atomic mass is 79.9. The Labute approximate surface area is 159 Å². The molecule has 0 amide bonds. The Balaban J connectivity index is 1.75. The van der Waals surface area contributed by atoms with E-state index in [2.05, 4.69) is 15.9 Å². The summed E-state index contributed by atoms with van der Waals surface area (Å²) in [6.45, 7) is 0. The SMILES string of the molecule is COc1ccc(Br)c(C(=O)Oc2ccc(C(=O)c3ccccc3)cc2)c1. The van der Waals surface area contributed by atoms with E-state index in [1.165, 1.54) is 7.11 Å². The zero-order valence-corrected chi connectivity index (χ0v) is 15.5. The molecule has 0 aliphatic heterocycles. The standard InChI is InChI=1S/C21H15BrO4/c1-25-17-11-12-19(22)18(13-17)21(24)26-16-9-7-15(8-10-16)20(23)14-5-3-2-4-6-14/h2-13H,1H3. The largest absolute Gasteiger partial charge is 0.497 e. The highest BCUT2D eigenvalue weighted by Crippen LogP contribution is 2.24. The fourth-order valence-electron chi connectivity index (χ4n) is 2.38. The smallest absolute Gasteiger partial charge is 0.344 e. The molecule has 5 heteroatoms. The normalized spacial score (nSPS) is 10.2. The van der Waals surface area contributed by atoms with Crippen LogP contribution in [0, 0.1) is 0 Å². The highest BCUT2D eigenvalue weighted by molar-refractivity contribution is 9.10. The van der Waals surface area contributed by atoms with Crippen molar-refractivity contribution in [2.45, 2.75) is 0 Å². The highest BCUT2D eigenvalue weighted by Gasteiger charge is 2.15. The summed E-state index contributed by atoms with van der Waals surface area (Å²) in [5.41, 5.74) is 1.49. The molecule has 130 valence electrons. The van der Waals surface area contributed by atoms with Gasteiger partial charge in [0.1, 0.15) is 11.5 Å². The van der Waals surface area contributed by atoms with Crippen LogP contribution in [0.3, 0.4) is 0 Å². The topological polar surface area (TPSA) is 52.6 Å². The van der Waals surface area contributed by atoms with Gasteiger partial charge in [-0.3, -0.25) is 4.79 Å². The molecule has 0 spiro atoms. The van der Waals surface area contributed by atoms with Gasteiger partial charge in [0.25, 0.3) is 0 Å². The summed E-state index contributed by atoms with van der Waals surface area (Å²) in [4.78, 5) is 24.8. The Bertz CT molecular complexity index is 934. The van der Waals surface area contributed by atoms with Gasteiger partial charge in [0.15, 0.2) is 5.78 Å². The number of ether oxygens (including phenoxy) is 2. The Hall–Kier alpha value is -2.92. The summed E-state index contributed by atoms with van der Waals surface area (Å²) >= 11 is 3.33.